The number of carbonyl (C=O) groups is 2. The maximum atomic E-state index is 13.3. The molecule has 2 unspecified atom stereocenters. The molecule has 2 atom stereocenters. The quantitative estimate of drug-likeness (QED) is 0.742. The maximum absolute atomic E-state index is 13.3. The van der Waals surface area contributed by atoms with Crippen molar-refractivity contribution in [2.24, 2.45) is 11.0 Å². The second-order valence-electron chi connectivity index (χ2n) is 8.05. The lowest BCUT2D eigenvalue weighted by molar-refractivity contribution is -0.124. The summed E-state index contributed by atoms with van der Waals surface area (Å²) in [6.07, 6.45) is 0. The van der Waals surface area contributed by atoms with Crippen LogP contribution in [0.3, 0.4) is 0 Å². The lowest BCUT2D eigenvalue weighted by atomic mass is 9.92. The predicted octanol–water partition coefficient (Wildman–Crippen LogP) is 3.33. The van der Waals surface area contributed by atoms with Crippen molar-refractivity contribution in [2.75, 3.05) is 36.8 Å². The molecule has 0 saturated carbocycles. The number of ketones is 1. The van der Waals surface area contributed by atoms with Crippen LogP contribution in [0.5, 0.6) is 0 Å². The number of hydrazone groups is 1. The fourth-order valence-corrected chi connectivity index (χ4v) is 6.93. The summed E-state index contributed by atoms with van der Waals surface area (Å²) in [7, 11) is 0. The normalized spacial score (nSPS) is 22.8. The average Bonchev–Trinajstić information content (AvgIpc) is 3.37. The fourth-order valence-electron chi connectivity index (χ4n) is 4.35. The van der Waals surface area contributed by atoms with Crippen molar-refractivity contribution in [1.29, 1.82) is 0 Å². The minimum Gasteiger partial charge on any atom is -0.368 e. The van der Waals surface area contributed by atoms with Crippen molar-refractivity contribution >= 4 is 46.2 Å². The molecule has 3 aliphatic rings. The van der Waals surface area contributed by atoms with E-state index in [1.165, 1.54) is 15.5 Å². The minimum atomic E-state index is -0.00173. The number of carbonyl (C=O) groups excluding carboxylic acids is 2. The van der Waals surface area contributed by atoms with Gasteiger partial charge in [0.2, 0.25) is 0 Å². The molecule has 8 heteroatoms. The average molecular weight is 441 g/mol. The number of hydrogen-bond donors (Lipinski definition) is 1. The number of amides is 1. The molecular weight excluding hydrogens is 416 g/mol. The maximum Gasteiger partial charge on any atom is 0.270 e. The summed E-state index contributed by atoms with van der Waals surface area (Å²) in [6, 6.07) is 10.5. The van der Waals surface area contributed by atoms with Crippen molar-refractivity contribution in [1.82, 2.24) is 10.3 Å². The van der Waals surface area contributed by atoms with Crippen LogP contribution in [0.1, 0.15) is 33.8 Å². The van der Waals surface area contributed by atoms with E-state index in [-0.39, 0.29) is 23.7 Å². The standard InChI is InChI=1S/C22H24N4O2S2/c1-13-4-3-5-15(10-13)25-6-8-26(9-7-25)21(28)20-17-12-29-22-16(19(17)23-24-20)11-18(30-22)14(2)27/h3-5,10-11,17,19,23H,6-9,12H2,1-2H3. The van der Waals surface area contributed by atoms with Gasteiger partial charge in [0.15, 0.2) is 5.78 Å². The summed E-state index contributed by atoms with van der Waals surface area (Å²) in [5, 5.41) is 4.47. The molecule has 6 nitrogen and oxygen atoms in total. The number of fused-ring (bicyclic) bond motifs is 3. The first-order valence-electron chi connectivity index (χ1n) is 10.2. The third-order valence-electron chi connectivity index (χ3n) is 6.03. The Morgan fingerprint density at radius 2 is 1.97 bits per heavy atom. The van der Waals surface area contributed by atoms with Crippen LogP contribution in [0.4, 0.5) is 5.69 Å². The van der Waals surface area contributed by atoms with Crippen LogP contribution < -0.4 is 10.3 Å². The highest BCUT2D eigenvalue weighted by molar-refractivity contribution is 8.01. The number of piperazine rings is 1. The van der Waals surface area contributed by atoms with Gasteiger partial charge < -0.3 is 15.2 Å². The number of nitrogens with zero attached hydrogens (tertiary/aromatic N) is 3. The van der Waals surface area contributed by atoms with Gasteiger partial charge in [-0.15, -0.1) is 23.1 Å². The number of thiophene rings is 1. The SMILES string of the molecule is CC(=O)c1cc2c(s1)SCC1C(C(=O)N3CCN(c4cccc(C)c4)CC3)=NNC21. The highest BCUT2D eigenvalue weighted by atomic mass is 32.2. The topological polar surface area (TPSA) is 65.0 Å². The summed E-state index contributed by atoms with van der Waals surface area (Å²) in [4.78, 5) is 30.1. The molecule has 1 amide bonds. The lowest BCUT2D eigenvalue weighted by Crippen LogP contribution is -2.51. The number of aryl methyl sites for hydroxylation is 1. The number of benzene rings is 1. The Morgan fingerprint density at radius 3 is 2.70 bits per heavy atom. The molecule has 0 aliphatic carbocycles. The number of Topliss-reactive ketones (excluding diaryl/α,β-unsaturated/α-hetero) is 1. The van der Waals surface area contributed by atoms with E-state index in [0.717, 1.165) is 29.3 Å². The molecule has 0 bridgehead atoms. The Hall–Kier alpha value is -2.32. The van der Waals surface area contributed by atoms with Crippen LogP contribution in [-0.2, 0) is 4.79 Å². The molecule has 0 radical (unpaired) electrons. The third kappa shape index (κ3) is 3.41. The third-order valence-corrected chi connectivity index (χ3v) is 8.71. The Kier molecular flexibility index (Phi) is 5.06. The molecule has 1 fully saturated rings. The van der Waals surface area contributed by atoms with Crippen LogP contribution in [0, 0.1) is 12.8 Å². The van der Waals surface area contributed by atoms with Crippen LogP contribution >= 0.6 is 23.1 Å². The molecule has 1 N–H and O–H groups in total. The molecule has 1 aromatic carbocycles. The van der Waals surface area contributed by atoms with Gasteiger partial charge in [-0.05, 0) is 37.6 Å². The summed E-state index contributed by atoms with van der Waals surface area (Å²) in [5.74, 6) is 1.01. The van der Waals surface area contributed by atoms with Gasteiger partial charge in [-0.1, -0.05) is 12.1 Å². The van der Waals surface area contributed by atoms with Crippen molar-refractivity contribution in [3.05, 3.63) is 46.3 Å². The van der Waals surface area contributed by atoms with Gasteiger partial charge in [0.1, 0.15) is 5.71 Å². The molecule has 5 rings (SSSR count). The lowest BCUT2D eigenvalue weighted by Gasteiger charge is -2.36. The van der Waals surface area contributed by atoms with E-state index in [9.17, 15) is 9.59 Å². The molecule has 156 valence electrons. The Bertz CT molecular complexity index is 1040. The minimum absolute atomic E-state index is 0.00173. The largest absolute Gasteiger partial charge is 0.368 e. The van der Waals surface area contributed by atoms with Crippen LogP contribution in [0.2, 0.25) is 0 Å². The Labute approximate surface area is 184 Å². The highest BCUT2D eigenvalue weighted by Crippen LogP contribution is 2.46. The van der Waals surface area contributed by atoms with E-state index in [1.807, 2.05) is 11.0 Å². The van der Waals surface area contributed by atoms with Crippen LogP contribution in [-0.4, -0.2) is 54.2 Å². The molecule has 2 aromatic rings. The van der Waals surface area contributed by atoms with Gasteiger partial charge in [0.25, 0.3) is 5.91 Å². The van der Waals surface area contributed by atoms with Gasteiger partial charge in [0.05, 0.1) is 15.1 Å². The second kappa shape index (κ2) is 7.74. The smallest absolute Gasteiger partial charge is 0.270 e. The van der Waals surface area contributed by atoms with Gasteiger partial charge >= 0.3 is 0 Å². The predicted molar refractivity (Wildman–Crippen MR) is 122 cm³/mol. The zero-order chi connectivity index (χ0) is 20.8. The van der Waals surface area contributed by atoms with E-state index in [2.05, 4.69) is 46.6 Å². The molecule has 0 spiro atoms. The first kappa shape index (κ1) is 19.6. The monoisotopic (exact) mass is 440 g/mol. The van der Waals surface area contributed by atoms with Gasteiger partial charge in [-0.3, -0.25) is 9.59 Å². The zero-order valence-electron chi connectivity index (χ0n) is 17.1. The highest BCUT2D eigenvalue weighted by Gasteiger charge is 2.43. The molecular formula is C22H24N4O2S2. The number of nitrogens with one attached hydrogen (secondary N) is 1. The second-order valence-corrected chi connectivity index (χ2v) is 10.4. The summed E-state index contributed by atoms with van der Waals surface area (Å²) in [5.41, 5.74) is 7.41. The Morgan fingerprint density at radius 1 is 1.17 bits per heavy atom. The molecule has 1 aromatic heterocycles. The van der Waals surface area contributed by atoms with E-state index in [4.69, 9.17) is 0 Å². The van der Waals surface area contributed by atoms with Crippen molar-refractivity contribution in [3.63, 3.8) is 0 Å². The van der Waals surface area contributed by atoms with E-state index < -0.39 is 0 Å². The molecule has 3 aliphatic heterocycles. The first-order valence-corrected chi connectivity index (χ1v) is 12.0. The number of rotatable bonds is 3. The number of anilines is 1. The number of thioether (sulfide) groups is 1. The van der Waals surface area contributed by atoms with Crippen molar-refractivity contribution in [3.8, 4) is 0 Å². The summed E-state index contributed by atoms with van der Waals surface area (Å²) >= 11 is 3.29. The molecule has 4 heterocycles. The van der Waals surface area contributed by atoms with Crippen molar-refractivity contribution < 1.29 is 9.59 Å². The Balaban J connectivity index is 1.26. The molecule has 30 heavy (non-hydrogen) atoms. The zero-order valence-corrected chi connectivity index (χ0v) is 18.7. The summed E-state index contributed by atoms with van der Waals surface area (Å²) < 4.78 is 1.17. The number of hydrogen-bond acceptors (Lipinski definition) is 7. The van der Waals surface area contributed by atoms with Gasteiger partial charge in [0, 0.05) is 49.1 Å². The van der Waals surface area contributed by atoms with Crippen LogP contribution in [0.15, 0.2) is 39.6 Å². The van der Waals surface area contributed by atoms with Gasteiger partial charge in [-0.2, -0.15) is 5.10 Å². The fraction of sp³-hybridized carbons (Fsp3) is 0.409. The van der Waals surface area contributed by atoms with E-state index in [1.54, 1.807) is 30.0 Å². The van der Waals surface area contributed by atoms with E-state index in [0.29, 0.717) is 18.8 Å². The first-order chi connectivity index (χ1) is 14.5. The summed E-state index contributed by atoms with van der Waals surface area (Å²) in [6.45, 7) is 6.77. The van der Waals surface area contributed by atoms with Gasteiger partial charge in [-0.25, -0.2) is 0 Å². The molecule has 1 saturated heterocycles. The van der Waals surface area contributed by atoms with Crippen molar-refractivity contribution in [2.45, 2.75) is 24.1 Å². The van der Waals surface area contributed by atoms with Crippen LogP contribution in [0.25, 0.3) is 0 Å². The van der Waals surface area contributed by atoms with E-state index >= 15 is 0 Å².